The fourth-order valence-corrected chi connectivity index (χ4v) is 3.77. The van der Waals surface area contributed by atoms with Crippen molar-refractivity contribution in [1.82, 2.24) is 14.8 Å². The van der Waals surface area contributed by atoms with Gasteiger partial charge in [-0.1, -0.05) is 12.1 Å². The number of carbonyl (C=O) groups is 1. The first-order valence-electron chi connectivity index (χ1n) is 10.2. The smallest absolute Gasteiger partial charge is 0.255 e. The van der Waals surface area contributed by atoms with Crippen LogP contribution in [0.5, 0.6) is 17.2 Å². The Kier molecular flexibility index (Phi) is 5.98. The molecule has 1 amide bonds. The van der Waals surface area contributed by atoms with E-state index in [1.54, 1.807) is 31.0 Å². The van der Waals surface area contributed by atoms with Crippen LogP contribution >= 0.6 is 0 Å². The number of nitrogens with one attached hydrogen (secondary N) is 2. The highest BCUT2D eigenvalue weighted by molar-refractivity contribution is 6.06. The van der Waals surface area contributed by atoms with E-state index in [1.807, 2.05) is 44.2 Å². The summed E-state index contributed by atoms with van der Waals surface area (Å²) in [5, 5.41) is 10.5. The van der Waals surface area contributed by atoms with Gasteiger partial charge in [0.1, 0.15) is 29.6 Å². The number of fused-ring (bicyclic) bond motifs is 1. The monoisotopic (exact) mass is 435 g/mol. The zero-order valence-corrected chi connectivity index (χ0v) is 18.4. The number of anilines is 2. The molecular weight excluding hydrogens is 410 g/mol. The first kappa shape index (κ1) is 21.2. The van der Waals surface area contributed by atoms with Crippen molar-refractivity contribution in [1.29, 1.82) is 0 Å². The van der Waals surface area contributed by atoms with E-state index in [4.69, 9.17) is 14.2 Å². The van der Waals surface area contributed by atoms with E-state index in [0.29, 0.717) is 46.8 Å². The molecule has 9 heteroatoms. The maximum absolute atomic E-state index is 13.6. The summed E-state index contributed by atoms with van der Waals surface area (Å²) in [5.41, 5.74) is 2.44. The summed E-state index contributed by atoms with van der Waals surface area (Å²) in [7, 11) is 3.18. The molecule has 9 nitrogen and oxygen atoms in total. The van der Waals surface area contributed by atoms with Crippen LogP contribution in [0.25, 0.3) is 0 Å². The van der Waals surface area contributed by atoms with Crippen LogP contribution in [0.2, 0.25) is 0 Å². The number of carbonyl (C=O) groups excluding carboxylic acids is 1. The molecule has 1 aromatic heterocycles. The molecule has 166 valence electrons. The van der Waals surface area contributed by atoms with Crippen molar-refractivity contribution in [2.45, 2.75) is 19.9 Å². The molecule has 1 aliphatic rings. The summed E-state index contributed by atoms with van der Waals surface area (Å²) < 4.78 is 18.4. The van der Waals surface area contributed by atoms with Crippen molar-refractivity contribution < 1.29 is 19.0 Å². The van der Waals surface area contributed by atoms with Crippen LogP contribution in [0.1, 0.15) is 25.5 Å². The number of allylic oxidation sites excluding steroid dienone is 1. The summed E-state index contributed by atoms with van der Waals surface area (Å²) in [5.74, 6) is 2.08. The van der Waals surface area contributed by atoms with Gasteiger partial charge < -0.3 is 24.8 Å². The number of ether oxygens (including phenoxy) is 3. The number of para-hydroxylation sites is 2. The largest absolute Gasteiger partial charge is 0.497 e. The predicted molar refractivity (Wildman–Crippen MR) is 120 cm³/mol. The minimum Gasteiger partial charge on any atom is -0.497 e. The first-order valence-corrected chi connectivity index (χ1v) is 10.2. The highest BCUT2D eigenvalue weighted by atomic mass is 16.5. The van der Waals surface area contributed by atoms with Crippen LogP contribution in [0.4, 0.5) is 11.6 Å². The molecule has 32 heavy (non-hydrogen) atoms. The minimum absolute atomic E-state index is 0.293. The molecule has 0 fully saturated rings. The fourth-order valence-electron chi connectivity index (χ4n) is 3.77. The number of aromatic nitrogens is 3. The molecule has 1 aliphatic heterocycles. The SMILES string of the molecule is CCOc1ccccc1NC(=O)C1=C(C)Nc2ncnn2[C@@H]1c1cc(OC)ccc1OC. The van der Waals surface area contributed by atoms with Gasteiger partial charge in [-0.05, 0) is 44.2 Å². The third kappa shape index (κ3) is 3.84. The van der Waals surface area contributed by atoms with Crippen LogP contribution < -0.4 is 24.8 Å². The molecule has 2 aromatic carbocycles. The Morgan fingerprint density at radius 1 is 1.16 bits per heavy atom. The number of hydrogen-bond donors (Lipinski definition) is 2. The molecular formula is C23H25N5O4. The van der Waals surface area contributed by atoms with Gasteiger partial charge in [-0.3, -0.25) is 4.79 Å². The number of hydrogen-bond acceptors (Lipinski definition) is 7. The zero-order chi connectivity index (χ0) is 22.7. The second-order valence-corrected chi connectivity index (χ2v) is 7.09. The fraction of sp³-hybridized carbons (Fsp3) is 0.261. The molecule has 0 saturated heterocycles. The van der Waals surface area contributed by atoms with Gasteiger partial charge in [0.15, 0.2) is 0 Å². The second kappa shape index (κ2) is 9.01. The second-order valence-electron chi connectivity index (χ2n) is 7.09. The van der Waals surface area contributed by atoms with Crippen LogP contribution in [-0.2, 0) is 4.79 Å². The third-order valence-electron chi connectivity index (χ3n) is 5.21. The van der Waals surface area contributed by atoms with Crippen molar-refractivity contribution >= 4 is 17.5 Å². The summed E-state index contributed by atoms with van der Waals surface area (Å²) in [6.07, 6.45) is 1.44. The molecule has 2 heterocycles. The van der Waals surface area contributed by atoms with Crippen LogP contribution in [-0.4, -0.2) is 41.5 Å². The quantitative estimate of drug-likeness (QED) is 0.585. The lowest BCUT2D eigenvalue weighted by molar-refractivity contribution is -0.113. The normalized spacial score (nSPS) is 14.9. The van der Waals surface area contributed by atoms with Gasteiger partial charge >= 0.3 is 0 Å². The molecule has 0 aliphatic carbocycles. The highest BCUT2D eigenvalue weighted by Crippen LogP contribution is 2.41. The summed E-state index contributed by atoms with van der Waals surface area (Å²) in [6, 6.07) is 12.2. The molecule has 0 saturated carbocycles. The maximum Gasteiger partial charge on any atom is 0.255 e. The van der Waals surface area contributed by atoms with Crippen LogP contribution in [0.15, 0.2) is 60.1 Å². The van der Waals surface area contributed by atoms with Crippen molar-refractivity contribution in [2.75, 3.05) is 31.5 Å². The molecule has 0 bridgehead atoms. The van der Waals surface area contributed by atoms with Crippen molar-refractivity contribution in [3.05, 3.63) is 65.6 Å². The van der Waals surface area contributed by atoms with Crippen molar-refractivity contribution in [3.8, 4) is 17.2 Å². The number of methoxy groups -OCH3 is 2. The maximum atomic E-state index is 13.6. The van der Waals surface area contributed by atoms with E-state index >= 15 is 0 Å². The molecule has 4 rings (SSSR count). The van der Waals surface area contributed by atoms with E-state index in [1.165, 1.54) is 6.33 Å². The summed E-state index contributed by atoms with van der Waals surface area (Å²) >= 11 is 0. The highest BCUT2D eigenvalue weighted by Gasteiger charge is 2.35. The Bertz CT molecular complexity index is 1170. The van der Waals surface area contributed by atoms with Gasteiger partial charge in [-0.2, -0.15) is 10.1 Å². The number of benzene rings is 2. The Morgan fingerprint density at radius 3 is 2.72 bits per heavy atom. The van der Waals surface area contributed by atoms with Gasteiger partial charge in [0.05, 0.1) is 32.1 Å². The summed E-state index contributed by atoms with van der Waals surface area (Å²) in [6.45, 7) is 4.22. The first-order chi connectivity index (χ1) is 15.6. The van der Waals surface area contributed by atoms with Crippen LogP contribution in [0, 0.1) is 0 Å². The van der Waals surface area contributed by atoms with E-state index < -0.39 is 6.04 Å². The van der Waals surface area contributed by atoms with Gasteiger partial charge in [-0.15, -0.1) is 0 Å². The molecule has 0 radical (unpaired) electrons. The molecule has 0 spiro atoms. The van der Waals surface area contributed by atoms with Crippen molar-refractivity contribution in [3.63, 3.8) is 0 Å². The van der Waals surface area contributed by atoms with Gasteiger partial charge in [0.25, 0.3) is 5.91 Å². The predicted octanol–water partition coefficient (Wildman–Crippen LogP) is 3.62. The summed E-state index contributed by atoms with van der Waals surface area (Å²) in [4.78, 5) is 17.9. The average molecular weight is 435 g/mol. The molecule has 2 N–H and O–H groups in total. The van der Waals surface area contributed by atoms with Gasteiger partial charge in [0.2, 0.25) is 5.95 Å². The Balaban J connectivity index is 1.81. The van der Waals surface area contributed by atoms with Gasteiger partial charge in [-0.25, -0.2) is 4.68 Å². The van der Waals surface area contributed by atoms with E-state index in [-0.39, 0.29) is 5.91 Å². The third-order valence-corrected chi connectivity index (χ3v) is 5.21. The van der Waals surface area contributed by atoms with E-state index in [9.17, 15) is 4.79 Å². The number of amides is 1. The molecule has 3 aromatic rings. The number of rotatable bonds is 7. The van der Waals surface area contributed by atoms with E-state index in [2.05, 4.69) is 20.7 Å². The van der Waals surface area contributed by atoms with Gasteiger partial charge in [0, 0.05) is 11.3 Å². The Morgan fingerprint density at radius 2 is 1.97 bits per heavy atom. The lowest BCUT2D eigenvalue weighted by Gasteiger charge is -2.30. The average Bonchev–Trinajstić information content (AvgIpc) is 3.27. The number of nitrogens with zero attached hydrogens (tertiary/aromatic N) is 3. The molecule has 1 atom stereocenters. The topological polar surface area (TPSA) is 99.5 Å². The zero-order valence-electron chi connectivity index (χ0n) is 18.4. The minimum atomic E-state index is -0.585. The van der Waals surface area contributed by atoms with E-state index in [0.717, 1.165) is 5.56 Å². The Labute approximate surface area is 186 Å². The lowest BCUT2D eigenvalue weighted by Crippen LogP contribution is -2.31. The molecule has 0 unspecified atom stereocenters. The Hall–Kier alpha value is -4.01. The standard InChI is InChI=1S/C23H25N5O4/c1-5-32-19-9-7-6-8-17(19)27-22(29)20-14(2)26-23-24-13-25-28(23)21(20)16-12-15(30-3)10-11-18(16)31-4/h6-13,21H,5H2,1-4H3,(H,27,29)(H,24,25,26)/t21-/m1/s1. The van der Waals surface area contributed by atoms with Crippen LogP contribution in [0.3, 0.4) is 0 Å². The lowest BCUT2D eigenvalue weighted by atomic mass is 9.94. The van der Waals surface area contributed by atoms with Crippen molar-refractivity contribution in [2.24, 2.45) is 0 Å².